The second kappa shape index (κ2) is 4.10. The molecule has 1 heterocycles. The first-order chi connectivity index (χ1) is 7.66. The number of hydrogen-bond donors (Lipinski definition) is 1. The van der Waals surface area contributed by atoms with E-state index < -0.39 is 5.97 Å². The lowest BCUT2D eigenvalue weighted by molar-refractivity contribution is 0.0690. The molecule has 0 aliphatic rings. The molecule has 0 aliphatic carbocycles. The number of aromatic nitrogens is 2. The van der Waals surface area contributed by atoms with Crippen molar-refractivity contribution in [3.05, 3.63) is 47.9 Å². The number of carboxylic acids is 1. The van der Waals surface area contributed by atoms with Gasteiger partial charge in [0.1, 0.15) is 0 Å². The molecule has 2 rings (SSSR count). The number of hydrogen-bond acceptors (Lipinski definition) is 3. The van der Waals surface area contributed by atoms with Gasteiger partial charge < -0.3 is 5.11 Å². The van der Waals surface area contributed by atoms with Crippen LogP contribution >= 0.6 is 0 Å². The molecule has 0 bridgehead atoms. The Bertz CT molecular complexity index is 521. The maximum atomic E-state index is 10.6. The fourth-order valence-electron chi connectivity index (χ4n) is 1.39. The highest BCUT2D eigenvalue weighted by Gasteiger charge is 2.05. The van der Waals surface area contributed by atoms with E-state index in [0.717, 1.165) is 11.1 Å². The summed E-state index contributed by atoms with van der Waals surface area (Å²) in [6, 6.07) is 7.81. The second-order valence-electron chi connectivity index (χ2n) is 3.46. The van der Waals surface area contributed by atoms with Gasteiger partial charge in [0.2, 0.25) is 0 Å². The van der Waals surface area contributed by atoms with Crippen LogP contribution in [0.5, 0.6) is 0 Å². The molecule has 0 radical (unpaired) electrons. The Hall–Kier alpha value is -2.23. The van der Waals surface area contributed by atoms with Crippen LogP contribution in [0.15, 0.2) is 36.7 Å². The molecule has 2 aromatic rings. The SMILES string of the molecule is Cc1cccc(-c2cnc(C(=O)O)cn2)c1. The maximum absolute atomic E-state index is 10.6. The van der Waals surface area contributed by atoms with Crippen LogP contribution in [-0.2, 0) is 0 Å². The third kappa shape index (κ3) is 2.06. The zero-order valence-corrected chi connectivity index (χ0v) is 8.71. The van der Waals surface area contributed by atoms with Gasteiger partial charge in [-0.05, 0) is 13.0 Å². The molecule has 16 heavy (non-hydrogen) atoms. The molecule has 0 amide bonds. The molecule has 0 spiro atoms. The lowest BCUT2D eigenvalue weighted by Crippen LogP contribution is -2.01. The van der Waals surface area contributed by atoms with E-state index in [9.17, 15) is 4.79 Å². The van der Waals surface area contributed by atoms with Crippen LogP contribution in [0.25, 0.3) is 11.3 Å². The molecule has 1 N–H and O–H groups in total. The molecule has 1 aromatic carbocycles. The van der Waals surface area contributed by atoms with Crippen molar-refractivity contribution in [2.24, 2.45) is 0 Å². The molecule has 4 heteroatoms. The zero-order valence-electron chi connectivity index (χ0n) is 8.71. The van der Waals surface area contributed by atoms with Gasteiger partial charge >= 0.3 is 5.97 Å². The molecular weight excluding hydrogens is 204 g/mol. The third-order valence-electron chi connectivity index (χ3n) is 2.18. The molecule has 0 unspecified atom stereocenters. The fraction of sp³-hybridized carbons (Fsp3) is 0.0833. The van der Waals surface area contributed by atoms with Crippen molar-refractivity contribution in [2.45, 2.75) is 6.92 Å². The van der Waals surface area contributed by atoms with Gasteiger partial charge in [-0.15, -0.1) is 0 Å². The van der Waals surface area contributed by atoms with Gasteiger partial charge in [0.15, 0.2) is 5.69 Å². The van der Waals surface area contributed by atoms with Crippen molar-refractivity contribution in [3.8, 4) is 11.3 Å². The average molecular weight is 214 g/mol. The summed E-state index contributed by atoms with van der Waals surface area (Å²) in [7, 11) is 0. The van der Waals surface area contributed by atoms with E-state index in [2.05, 4.69) is 9.97 Å². The molecule has 80 valence electrons. The number of aryl methyl sites for hydroxylation is 1. The van der Waals surface area contributed by atoms with E-state index in [1.54, 1.807) is 0 Å². The first-order valence-electron chi connectivity index (χ1n) is 4.79. The molecule has 1 aromatic heterocycles. The Kier molecular flexibility index (Phi) is 2.64. The van der Waals surface area contributed by atoms with Crippen molar-refractivity contribution in [2.75, 3.05) is 0 Å². The quantitative estimate of drug-likeness (QED) is 0.831. The van der Waals surface area contributed by atoms with Crippen LogP contribution in [0.4, 0.5) is 0 Å². The summed E-state index contributed by atoms with van der Waals surface area (Å²) in [6.45, 7) is 1.99. The number of rotatable bonds is 2. The van der Waals surface area contributed by atoms with E-state index in [-0.39, 0.29) is 5.69 Å². The fourth-order valence-corrected chi connectivity index (χ4v) is 1.39. The Morgan fingerprint density at radius 2 is 2.06 bits per heavy atom. The predicted molar refractivity (Wildman–Crippen MR) is 59.2 cm³/mol. The Labute approximate surface area is 92.6 Å². The van der Waals surface area contributed by atoms with Crippen LogP contribution in [0.2, 0.25) is 0 Å². The maximum Gasteiger partial charge on any atom is 0.356 e. The van der Waals surface area contributed by atoms with E-state index in [1.165, 1.54) is 12.4 Å². The Balaban J connectivity index is 2.38. The van der Waals surface area contributed by atoms with Gasteiger partial charge in [-0.25, -0.2) is 9.78 Å². The van der Waals surface area contributed by atoms with E-state index in [1.807, 2.05) is 31.2 Å². The normalized spacial score (nSPS) is 10.1. The monoisotopic (exact) mass is 214 g/mol. The van der Waals surface area contributed by atoms with Crippen LogP contribution in [0.3, 0.4) is 0 Å². The molecule has 0 fully saturated rings. The highest BCUT2D eigenvalue weighted by atomic mass is 16.4. The summed E-state index contributed by atoms with van der Waals surface area (Å²) in [5.74, 6) is -1.07. The number of carboxylic acid groups (broad SMARTS) is 1. The summed E-state index contributed by atoms with van der Waals surface area (Å²) in [5, 5.41) is 8.69. The minimum absolute atomic E-state index is 0.0450. The highest BCUT2D eigenvalue weighted by Crippen LogP contribution is 2.16. The van der Waals surface area contributed by atoms with Crippen LogP contribution in [0, 0.1) is 6.92 Å². The zero-order chi connectivity index (χ0) is 11.5. The lowest BCUT2D eigenvalue weighted by Gasteiger charge is -2.01. The van der Waals surface area contributed by atoms with Gasteiger partial charge in [0, 0.05) is 5.56 Å². The number of carbonyl (C=O) groups is 1. The van der Waals surface area contributed by atoms with Crippen molar-refractivity contribution in [3.63, 3.8) is 0 Å². The molecule has 0 saturated carbocycles. The first kappa shape index (κ1) is 10.3. The van der Waals surface area contributed by atoms with Crippen LogP contribution in [-0.4, -0.2) is 21.0 Å². The minimum atomic E-state index is -1.07. The van der Waals surface area contributed by atoms with E-state index in [0.29, 0.717) is 5.69 Å². The van der Waals surface area contributed by atoms with Gasteiger partial charge in [0.05, 0.1) is 18.1 Å². The van der Waals surface area contributed by atoms with Crippen LogP contribution < -0.4 is 0 Å². The van der Waals surface area contributed by atoms with Gasteiger partial charge in [-0.1, -0.05) is 23.8 Å². The summed E-state index contributed by atoms with van der Waals surface area (Å²) in [6.07, 6.45) is 2.73. The summed E-state index contributed by atoms with van der Waals surface area (Å²) in [5.41, 5.74) is 2.69. The van der Waals surface area contributed by atoms with Crippen LogP contribution in [0.1, 0.15) is 16.1 Å². The van der Waals surface area contributed by atoms with E-state index >= 15 is 0 Å². The van der Waals surface area contributed by atoms with Crippen molar-refractivity contribution in [1.29, 1.82) is 0 Å². The standard InChI is InChI=1S/C12H10N2O2/c1-8-3-2-4-9(5-8)10-6-14-11(7-13-10)12(15)16/h2-7H,1H3,(H,15,16). The summed E-state index contributed by atoms with van der Waals surface area (Å²) >= 11 is 0. The van der Waals surface area contributed by atoms with Crippen molar-refractivity contribution in [1.82, 2.24) is 9.97 Å². The van der Waals surface area contributed by atoms with E-state index in [4.69, 9.17) is 5.11 Å². The third-order valence-corrected chi connectivity index (χ3v) is 2.18. The molecule has 4 nitrogen and oxygen atoms in total. The Morgan fingerprint density at radius 1 is 1.25 bits per heavy atom. The lowest BCUT2D eigenvalue weighted by atomic mass is 10.1. The van der Waals surface area contributed by atoms with Gasteiger partial charge in [-0.2, -0.15) is 0 Å². The molecule has 0 saturated heterocycles. The van der Waals surface area contributed by atoms with Crippen molar-refractivity contribution < 1.29 is 9.90 Å². The predicted octanol–water partition coefficient (Wildman–Crippen LogP) is 2.15. The Morgan fingerprint density at radius 3 is 2.62 bits per heavy atom. The van der Waals surface area contributed by atoms with Gasteiger partial charge in [0.25, 0.3) is 0 Å². The first-order valence-corrected chi connectivity index (χ1v) is 4.79. The summed E-state index contributed by atoms with van der Waals surface area (Å²) in [4.78, 5) is 18.5. The minimum Gasteiger partial charge on any atom is -0.476 e. The largest absolute Gasteiger partial charge is 0.476 e. The topological polar surface area (TPSA) is 63.1 Å². The highest BCUT2D eigenvalue weighted by molar-refractivity contribution is 5.85. The average Bonchev–Trinajstić information content (AvgIpc) is 2.29. The van der Waals surface area contributed by atoms with Crippen molar-refractivity contribution >= 4 is 5.97 Å². The molecule has 0 aliphatic heterocycles. The molecule has 0 atom stereocenters. The second-order valence-corrected chi connectivity index (χ2v) is 3.46. The molecular formula is C12H10N2O2. The smallest absolute Gasteiger partial charge is 0.356 e. The number of aromatic carboxylic acids is 1. The summed E-state index contributed by atoms with van der Waals surface area (Å²) < 4.78 is 0. The number of benzene rings is 1. The number of nitrogens with zero attached hydrogens (tertiary/aromatic N) is 2. The van der Waals surface area contributed by atoms with Gasteiger partial charge in [-0.3, -0.25) is 4.98 Å².